The van der Waals surface area contributed by atoms with Gasteiger partial charge in [0.2, 0.25) is 11.8 Å². The Balaban J connectivity index is 1.78. The van der Waals surface area contributed by atoms with Gasteiger partial charge in [-0.2, -0.15) is 0 Å². The van der Waals surface area contributed by atoms with Crippen molar-refractivity contribution in [2.45, 2.75) is 44.4 Å². The Kier molecular flexibility index (Phi) is 6.88. The molecule has 1 aromatic rings. The zero-order valence-corrected chi connectivity index (χ0v) is 20.8. The molecule has 0 aromatic heterocycles. The van der Waals surface area contributed by atoms with Crippen LogP contribution in [0.3, 0.4) is 0 Å². The van der Waals surface area contributed by atoms with Gasteiger partial charge in [-0.3, -0.25) is 14.4 Å². The third-order valence-electron chi connectivity index (χ3n) is 7.67. The summed E-state index contributed by atoms with van der Waals surface area (Å²) in [5, 5.41) is 9.79. The van der Waals surface area contributed by atoms with E-state index in [9.17, 15) is 19.5 Å². The van der Waals surface area contributed by atoms with E-state index in [0.717, 1.165) is 16.8 Å². The SMILES string of the molecule is C=CCN(C)C(=O)[C@@H]1[C@H]2C(=O)N(CCO)C(C(=O)N(CC=C)c3cc(C)ccc3C)C23CC[C@H]1O3. The number of nitrogens with zero attached hydrogens (tertiary/aromatic N) is 3. The molecule has 3 aliphatic rings. The highest BCUT2D eigenvalue weighted by atomic mass is 16.5. The number of carbonyl (C=O) groups excluding carboxylic acids is 3. The van der Waals surface area contributed by atoms with Crippen LogP contribution in [0.25, 0.3) is 0 Å². The lowest BCUT2D eigenvalue weighted by molar-refractivity contribution is -0.144. The molecule has 0 saturated carbocycles. The zero-order valence-electron chi connectivity index (χ0n) is 20.8. The molecule has 4 rings (SSSR count). The minimum Gasteiger partial charge on any atom is -0.395 e. The molecule has 3 amide bonds. The number of aliphatic hydroxyl groups excluding tert-OH is 1. The van der Waals surface area contributed by atoms with Crippen LogP contribution < -0.4 is 4.90 Å². The molecule has 2 unspecified atom stereocenters. The van der Waals surface area contributed by atoms with Crippen molar-refractivity contribution in [2.75, 3.05) is 38.2 Å². The predicted molar refractivity (Wildman–Crippen MR) is 133 cm³/mol. The quantitative estimate of drug-likeness (QED) is 0.544. The summed E-state index contributed by atoms with van der Waals surface area (Å²) in [4.78, 5) is 46.0. The Morgan fingerprint density at radius 1 is 1.23 bits per heavy atom. The number of amides is 3. The Labute approximate surface area is 206 Å². The van der Waals surface area contributed by atoms with Gasteiger partial charge in [0.05, 0.1) is 24.5 Å². The summed E-state index contributed by atoms with van der Waals surface area (Å²) < 4.78 is 6.45. The van der Waals surface area contributed by atoms with Gasteiger partial charge in [-0.15, -0.1) is 13.2 Å². The molecule has 3 saturated heterocycles. The number of hydrogen-bond donors (Lipinski definition) is 1. The van der Waals surface area contributed by atoms with Crippen LogP contribution in [0.4, 0.5) is 5.69 Å². The number of anilines is 1. The number of likely N-dealkylation sites (N-methyl/N-ethyl adjacent to an activating group) is 1. The smallest absolute Gasteiger partial charge is 0.253 e. The van der Waals surface area contributed by atoms with E-state index < -0.39 is 29.6 Å². The third-order valence-corrected chi connectivity index (χ3v) is 7.67. The van der Waals surface area contributed by atoms with Crippen molar-refractivity contribution < 1.29 is 24.2 Å². The molecule has 5 atom stereocenters. The van der Waals surface area contributed by atoms with Crippen molar-refractivity contribution in [3.8, 4) is 0 Å². The molecule has 1 spiro atoms. The van der Waals surface area contributed by atoms with Crippen LogP contribution in [0.2, 0.25) is 0 Å². The molecule has 1 N–H and O–H groups in total. The molecule has 2 bridgehead atoms. The van der Waals surface area contributed by atoms with E-state index in [-0.39, 0.29) is 37.4 Å². The lowest BCUT2D eigenvalue weighted by Gasteiger charge is -2.37. The summed E-state index contributed by atoms with van der Waals surface area (Å²) in [7, 11) is 1.68. The number of fused-ring (bicyclic) bond motifs is 1. The molecular formula is C27H35N3O5. The van der Waals surface area contributed by atoms with Gasteiger partial charge in [-0.1, -0.05) is 24.3 Å². The molecule has 1 aromatic carbocycles. The molecule has 8 nitrogen and oxygen atoms in total. The highest BCUT2D eigenvalue weighted by Crippen LogP contribution is 2.59. The average Bonchev–Trinajstić information content (AvgIpc) is 3.46. The van der Waals surface area contributed by atoms with Gasteiger partial charge in [0.15, 0.2) is 0 Å². The number of benzene rings is 1. The van der Waals surface area contributed by atoms with Crippen LogP contribution >= 0.6 is 0 Å². The van der Waals surface area contributed by atoms with Gasteiger partial charge in [0, 0.05) is 32.4 Å². The highest BCUT2D eigenvalue weighted by molar-refractivity contribution is 6.05. The average molecular weight is 482 g/mol. The van der Waals surface area contributed by atoms with Crippen molar-refractivity contribution in [3.05, 3.63) is 54.6 Å². The van der Waals surface area contributed by atoms with Gasteiger partial charge in [0.25, 0.3) is 5.91 Å². The van der Waals surface area contributed by atoms with E-state index in [1.807, 2.05) is 32.0 Å². The second-order valence-corrected chi connectivity index (χ2v) is 9.85. The van der Waals surface area contributed by atoms with Crippen LogP contribution in [0, 0.1) is 25.7 Å². The summed E-state index contributed by atoms with van der Waals surface area (Å²) in [6.45, 7) is 11.8. The molecule has 0 aliphatic carbocycles. The number of carbonyl (C=O) groups is 3. The lowest BCUT2D eigenvalue weighted by Crippen LogP contribution is -2.57. The monoisotopic (exact) mass is 481 g/mol. The van der Waals surface area contributed by atoms with Gasteiger partial charge < -0.3 is 24.5 Å². The molecule has 35 heavy (non-hydrogen) atoms. The minimum atomic E-state index is -1.10. The second-order valence-electron chi connectivity index (χ2n) is 9.85. The van der Waals surface area contributed by atoms with Crippen LogP contribution in [0.5, 0.6) is 0 Å². The highest BCUT2D eigenvalue weighted by Gasteiger charge is 2.74. The number of aliphatic hydroxyl groups is 1. The molecular weight excluding hydrogens is 446 g/mol. The minimum absolute atomic E-state index is 0.000344. The van der Waals surface area contributed by atoms with E-state index in [0.29, 0.717) is 19.4 Å². The number of rotatable bonds is 9. The fraction of sp³-hybridized carbons (Fsp3) is 0.519. The number of β-amino-alcohol motifs (C(OH)–C–C–N with tert-alkyl or cyclic N) is 1. The van der Waals surface area contributed by atoms with Gasteiger partial charge >= 0.3 is 0 Å². The van der Waals surface area contributed by atoms with Crippen LogP contribution in [0.1, 0.15) is 24.0 Å². The molecule has 188 valence electrons. The normalized spacial score (nSPS) is 28.7. The maximum atomic E-state index is 14.3. The largest absolute Gasteiger partial charge is 0.395 e. The maximum absolute atomic E-state index is 14.3. The number of aryl methyl sites for hydroxylation is 2. The zero-order chi connectivity index (χ0) is 25.5. The van der Waals surface area contributed by atoms with Crippen LogP contribution in [-0.2, 0) is 19.1 Å². The fourth-order valence-corrected chi connectivity index (χ4v) is 6.19. The van der Waals surface area contributed by atoms with E-state index >= 15 is 0 Å². The van der Waals surface area contributed by atoms with Crippen molar-refractivity contribution in [1.82, 2.24) is 9.80 Å². The standard InChI is InChI=1S/C27H35N3O5/c1-6-12-28(5)24(32)21-20-10-11-27(35-20)22(21)25(33)30(14-15-31)23(27)26(34)29(13-7-2)19-16-17(3)8-9-18(19)4/h6-9,16,20-23,31H,1-2,10-15H2,3-5H3/t20-,21+,22+,23?,27?/m1/s1. The maximum Gasteiger partial charge on any atom is 0.253 e. The topological polar surface area (TPSA) is 90.4 Å². The molecule has 3 heterocycles. The summed E-state index contributed by atoms with van der Waals surface area (Å²) in [5.41, 5.74) is 1.58. The van der Waals surface area contributed by atoms with Crippen LogP contribution in [0.15, 0.2) is 43.5 Å². The Morgan fingerprint density at radius 3 is 2.60 bits per heavy atom. The molecule has 3 fully saturated rings. The van der Waals surface area contributed by atoms with E-state index in [2.05, 4.69) is 13.2 Å². The van der Waals surface area contributed by atoms with Crippen LogP contribution in [-0.4, -0.2) is 83.7 Å². The summed E-state index contributed by atoms with van der Waals surface area (Å²) >= 11 is 0. The molecule has 3 aliphatic heterocycles. The Hall–Kier alpha value is -2.97. The predicted octanol–water partition coefficient (Wildman–Crippen LogP) is 1.83. The van der Waals surface area contributed by atoms with E-state index in [1.54, 1.807) is 29.0 Å². The van der Waals surface area contributed by atoms with Crippen molar-refractivity contribution in [2.24, 2.45) is 11.8 Å². The lowest BCUT2D eigenvalue weighted by atomic mass is 9.70. The van der Waals surface area contributed by atoms with Crippen molar-refractivity contribution >= 4 is 23.4 Å². The first-order chi connectivity index (χ1) is 16.7. The first kappa shape index (κ1) is 25.1. The number of hydrogen-bond acceptors (Lipinski definition) is 5. The van der Waals surface area contributed by atoms with Gasteiger partial charge in [0.1, 0.15) is 11.6 Å². The van der Waals surface area contributed by atoms with Gasteiger partial charge in [-0.25, -0.2) is 0 Å². The number of ether oxygens (including phenoxy) is 1. The van der Waals surface area contributed by atoms with Crippen molar-refractivity contribution in [3.63, 3.8) is 0 Å². The fourth-order valence-electron chi connectivity index (χ4n) is 6.19. The first-order valence-electron chi connectivity index (χ1n) is 12.2. The second kappa shape index (κ2) is 9.59. The number of likely N-dealkylation sites (tertiary alicyclic amines) is 1. The molecule has 8 heteroatoms. The molecule has 0 radical (unpaired) electrons. The Morgan fingerprint density at radius 2 is 1.94 bits per heavy atom. The van der Waals surface area contributed by atoms with Crippen molar-refractivity contribution in [1.29, 1.82) is 0 Å². The summed E-state index contributed by atoms with van der Waals surface area (Å²) in [6, 6.07) is 4.96. The summed E-state index contributed by atoms with van der Waals surface area (Å²) in [5.74, 6) is -2.18. The first-order valence-corrected chi connectivity index (χ1v) is 12.2. The third kappa shape index (κ3) is 3.89. The van der Waals surface area contributed by atoms with E-state index in [4.69, 9.17) is 4.74 Å². The van der Waals surface area contributed by atoms with Gasteiger partial charge in [-0.05, 0) is 43.9 Å². The Bertz CT molecular complexity index is 1060. The summed E-state index contributed by atoms with van der Waals surface area (Å²) in [6.07, 6.45) is 3.99. The van der Waals surface area contributed by atoms with E-state index in [1.165, 1.54) is 4.90 Å².